The summed E-state index contributed by atoms with van der Waals surface area (Å²) >= 11 is 0. The Kier molecular flexibility index (Phi) is 7.70. The van der Waals surface area contributed by atoms with Gasteiger partial charge >= 0.3 is 0 Å². The van der Waals surface area contributed by atoms with Crippen LogP contribution in [-0.2, 0) is 14.8 Å². The van der Waals surface area contributed by atoms with Crippen molar-refractivity contribution in [1.29, 1.82) is 0 Å². The zero-order valence-electron chi connectivity index (χ0n) is 18.8. The van der Waals surface area contributed by atoms with Crippen LogP contribution in [0.15, 0.2) is 53.4 Å². The molecule has 1 heterocycles. The number of hydrogen-bond donors (Lipinski definition) is 1. The third-order valence-electron chi connectivity index (χ3n) is 5.54. The third-order valence-corrected chi connectivity index (χ3v) is 7.01. The van der Waals surface area contributed by atoms with E-state index in [-0.39, 0.29) is 24.9 Å². The van der Waals surface area contributed by atoms with Crippen LogP contribution >= 0.6 is 0 Å². The highest BCUT2D eigenvalue weighted by Gasteiger charge is 2.34. The Hall–Kier alpha value is -2.98. The summed E-state index contributed by atoms with van der Waals surface area (Å²) in [6, 6.07) is 10.8. The summed E-state index contributed by atoms with van der Waals surface area (Å²) in [6.45, 7) is 4.59. The molecule has 8 nitrogen and oxygen atoms in total. The number of nitrogens with zero attached hydrogens (tertiary/aromatic N) is 2. The lowest BCUT2D eigenvalue weighted by Crippen LogP contribution is -2.57. The van der Waals surface area contributed by atoms with E-state index in [1.54, 1.807) is 43.0 Å². The fourth-order valence-corrected chi connectivity index (χ4v) is 5.05. The molecule has 1 fully saturated rings. The minimum atomic E-state index is -4.23. The highest BCUT2D eigenvalue weighted by molar-refractivity contribution is 7.89. The second-order valence-corrected chi connectivity index (χ2v) is 9.81. The lowest BCUT2D eigenvalue weighted by atomic mass is 10.0. The maximum absolute atomic E-state index is 14.0. The molecule has 3 rings (SSSR count). The van der Waals surface area contributed by atoms with Crippen molar-refractivity contribution < 1.29 is 27.1 Å². The molecule has 1 N–H and O–H groups in total. The third kappa shape index (κ3) is 5.69. The monoisotopic (exact) mass is 477 g/mol. The summed E-state index contributed by atoms with van der Waals surface area (Å²) in [5, 5.41) is 0. The van der Waals surface area contributed by atoms with Gasteiger partial charge in [-0.15, -0.1) is 0 Å². The van der Waals surface area contributed by atoms with Crippen molar-refractivity contribution in [3.8, 4) is 5.75 Å². The molecule has 0 spiro atoms. The van der Waals surface area contributed by atoms with Gasteiger partial charge in [0.25, 0.3) is 5.91 Å². The number of nitrogens with one attached hydrogen (secondary N) is 1. The predicted octanol–water partition coefficient (Wildman–Crippen LogP) is 2.12. The zero-order chi connectivity index (χ0) is 24.2. The first-order chi connectivity index (χ1) is 15.6. The lowest BCUT2D eigenvalue weighted by molar-refractivity contribution is -0.135. The first kappa shape index (κ1) is 24.7. The quantitative estimate of drug-likeness (QED) is 0.659. The van der Waals surface area contributed by atoms with E-state index in [0.29, 0.717) is 24.4 Å². The summed E-state index contributed by atoms with van der Waals surface area (Å²) in [4.78, 5) is 28.6. The summed E-state index contributed by atoms with van der Waals surface area (Å²) in [5.74, 6) is -1.24. The molecule has 0 saturated carbocycles. The van der Waals surface area contributed by atoms with Crippen LogP contribution in [0.5, 0.6) is 5.75 Å². The SMILES string of the molecule is COc1cccc(C(=O)N2CCN(C(=O)[C@@H](NS(=O)(=O)c3ccccc3F)C(C)C)CC2)c1. The van der Waals surface area contributed by atoms with Crippen LogP contribution in [0.3, 0.4) is 0 Å². The number of sulfonamides is 1. The van der Waals surface area contributed by atoms with Crippen LogP contribution in [0.1, 0.15) is 24.2 Å². The molecule has 0 bridgehead atoms. The van der Waals surface area contributed by atoms with Crippen molar-refractivity contribution in [2.45, 2.75) is 24.8 Å². The van der Waals surface area contributed by atoms with Crippen molar-refractivity contribution in [2.24, 2.45) is 5.92 Å². The Balaban J connectivity index is 1.67. The van der Waals surface area contributed by atoms with Crippen molar-refractivity contribution in [2.75, 3.05) is 33.3 Å². The average molecular weight is 478 g/mol. The molecule has 10 heteroatoms. The largest absolute Gasteiger partial charge is 0.497 e. The van der Waals surface area contributed by atoms with Crippen LogP contribution in [-0.4, -0.2) is 69.4 Å². The Morgan fingerprint density at radius 2 is 1.64 bits per heavy atom. The van der Waals surface area contributed by atoms with Gasteiger partial charge in [0.2, 0.25) is 15.9 Å². The normalized spacial score (nSPS) is 15.4. The molecule has 2 amide bonds. The fourth-order valence-electron chi connectivity index (χ4n) is 3.63. The Morgan fingerprint density at radius 1 is 1.00 bits per heavy atom. The summed E-state index contributed by atoms with van der Waals surface area (Å²) in [6.07, 6.45) is 0. The Labute approximate surface area is 193 Å². The standard InChI is InChI=1S/C23H28FN3O5S/c1-16(2)21(25-33(30,31)20-10-5-4-9-19(20)24)23(29)27-13-11-26(12-14-27)22(28)17-7-6-8-18(15-17)32-3/h4-10,15-16,21,25H,11-14H2,1-3H3/t21-/m0/s1. The molecule has 1 aliphatic rings. The molecule has 0 radical (unpaired) electrons. The van der Waals surface area contributed by atoms with Crippen molar-refractivity contribution in [3.63, 3.8) is 0 Å². The number of piperazine rings is 1. The van der Waals surface area contributed by atoms with Gasteiger partial charge in [0, 0.05) is 31.7 Å². The molecular formula is C23H28FN3O5S. The number of methoxy groups -OCH3 is 1. The van der Waals surface area contributed by atoms with E-state index in [4.69, 9.17) is 4.74 Å². The number of carbonyl (C=O) groups is 2. The van der Waals surface area contributed by atoms with Gasteiger partial charge < -0.3 is 14.5 Å². The van der Waals surface area contributed by atoms with Crippen molar-refractivity contribution >= 4 is 21.8 Å². The summed E-state index contributed by atoms with van der Waals surface area (Å²) in [5.41, 5.74) is 0.492. The van der Waals surface area contributed by atoms with Crippen LogP contribution in [0.2, 0.25) is 0 Å². The molecule has 178 valence electrons. The minimum Gasteiger partial charge on any atom is -0.497 e. The van der Waals surface area contributed by atoms with Crippen LogP contribution < -0.4 is 9.46 Å². The van der Waals surface area contributed by atoms with E-state index in [9.17, 15) is 22.4 Å². The second-order valence-electron chi connectivity index (χ2n) is 8.12. The van der Waals surface area contributed by atoms with Gasteiger partial charge in [0.15, 0.2) is 0 Å². The first-order valence-corrected chi connectivity index (χ1v) is 12.1. The Bertz CT molecular complexity index is 1110. The molecular weight excluding hydrogens is 449 g/mol. The number of amides is 2. The smallest absolute Gasteiger partial charge is 0.254 e. The highest BCUT2D eigenvalue weighted by atomic mass is 32.2. The molecule has 2 aromatic rings. The van der Waals surface area contributed by atoms with E-state index in [1.807, 2.05) is 0 Å². The van der Waals surface area contributed by atoms with E-state index < -0.39 is 32.7 Å². The molecule has 1 aliphatic heterocycles. The molecule has 0 unspecified atom stereocenters. The number of ether oxygens (including phenoxy) is 1. The summed E-state index contributed by atoms with van der Waals surface area (Å²) < 4.78 is 47.0. The van der Waals surface area contributed by atoms with Gasteiger partial charge in [-0.2, -0.15) is 4.72 Å². The van der Waals surface area contributed by atoms with E-state index in [1.165, 1.54) is 24.1 Å². The maximum Gasteiger partial charge on any atom is 0.254 e. The van der Waals surface area contributed by atoms with Crippen LogP contribution in [0, 0.1) is 11.7 Å². The van der Waals surface area contributed by atoms with Gasteiger partial charge in [0.1, 0.15) is 22.5 Å². The fraction of sp³-hybridized carbons (Fsp3) is 0.391. The van der Waals surface area contributed by atoms with Gasteiger partial charge in [-0.05, 0) is 36.2 Å². The van der Waals surface area contributed by atoms with E-state index >= 15 is 0 Å². The molecule has 1 atom stereocenters. The summed E-state index contributed by atoms with van der Waals surface area (Å²) in [7, 11) is -2.71. The van der Waals surface area contributed by atoms with Crippen LogP contribution in [0.25, 0.3) is 0 Å². The lowest BCUT2D eigenvalue weighted by Gasteiger charge is -2.37. The molecule has 1 saturated heterocycles. The number of hydrogen-bond acceptors (Lipinski definition) is 5. The zero-order valence-corrected chi connectivity index (χ0v) is 19.6. The number of carbonyl (C=O) groups excluding carboxylic acids is 2. The number of halogens is 1. The highest BCUT2D eigenvalue weighted by Crippen LogP contribution is 2.19. The maximum atomic E-state index is 14.0. The Morgan fingerprint density at radius 3 is 2.24 bits per heavy atom. The number of rotatable bonds is 7. The van der Waals surface area contributed by atoms with Crippen LogP contribution in [0.4, 0.5) is 4.39 Å². The topological polar surface area (TPSA) is 96.0 Å². The molecule has 2 aromatic carbocycles. The molecule has 33 heavy (non-hydrogen) atoms. The van der Waals surface area contributed by atoms with E-state index in [2.05, 4.69) is 4.72 Å². The van der Waals surface area contributed by atoms with Crippen molar-refractivity contribution in [1.82, 2.24) is 14.5 Å². The van der Waals surface area contributed by atoms with E-state index in [0.717, 1.165) is 12.1 Å². The van der Waals surface area contributed by atoms with Gasteiger partial charge in [-0.25, -0.2) is 12.8 Å². The first-order valence-electron chi connectivity index (χ1n) is 10.6. The van der Waals surface area contributed by atoms with Gasteiger partial charge in [0.05, 0.1) is 7.11 Å². The minimum absolute atomic E-state index is 0.165. The average Bonchev–Trinajstić information content (AvgIpc) is 2.82. The molecule has 0 aromatic heterocycles. The van der Waals surface area contributed by atoms with Crippen molar-refractivity contribution in [3.05, 3.63) is 59.9 Å². The predicted molar refractivity (Wildman–Crippen MR) is 121 cm³/mol. The number of benzene rings is 2. The molecule has 0 aliphatic carbocycles. The van der Waals surface area contributed by atoms with Gasteiger partial charge in [-0.1, -0.05) is 32.0 Å². The van der Waals surface area contributed by atoms with Gasteiger partial charge in [-0.3, -0.25) is 9.59 Å². The second kappa shape index (κ2) is 10.3.